The molecule has 0 bridgehead atoms. The SMILES string of the molecule is O=P1(Sc2ccccc2)OCCOCCOCCO1. The van der Waals surface area contributed by atoms with Gasteiger partial charge in [0.1, 0.15) is 0 Å². The molecule has 0 amide bonds. The first-order valence-electron chi connectivity index (χ1n) is 6.08. The van der Waals surface area contributed by atoms with E-state index in [0.717, 1.165) is 16.3 Å². The fraction of sp³-hybridized carbons (Fsp3) is 0.500. The van der Waals surface area contributed by atoms with Crippen molar-refractivity contribution in [3.8, 4) is 0 Å². The van der Waals surface area contributed by atoms with E-state index in [1.807, 2.05) is 30.3 Å². The quantitative estimate of drug-likeness (QED) is 0.783. The molecule has 1 fully saturated rings. The minimum Gasteiger partial charge on any atom is -0.377 e. The van der Waals surface area contributed by atoms with Crippen LogP contribution in [0.15, 0.2) is 35.2 Å². The predicted octanol–water partition coefficient (Wildman–Crippen LogP) is 2.97. The predicted molar refractivity (Wildman–Crippen MR) is 73.4 cm³/mol. The van der Waals surface area contributed by atoms with Gasteiger partial charge in [-0.25, -0.2) is 4.57 Å². The Morgan fingerprint density at radius 2 is 1.37 bits per heavy atom. The first-order chi connectivity index (χ1) is 9.29. The Labute approximate surface area is 116 Å². The zero-order valence-corrected chi connectivity index (χ0v) is 12.2. The lowest BCUT2D eigenvalue weighted by Gasteiger charge is -2.17. The van der Waals surface area contributed by atoms with Gasteiger partial charge in [0.2, 0.25) is 0 Å². The van der Waals surface area contributed by atoms with Gasteiger partial charge in [0.25, 0.3) is 0 Å². The summed E-state index contributed by atoms with van der Waals surface area (Å²) in [5.41, 5.74) is 0. The molecular weight excluding hydrogens is 287 g/mol. The maximum absolute atomic E-state index is 12.6. The number of hydrogen-bond donors (Lipinski definition) is 0. The number of rotatable bonds is 2. The second-order valence-electron chi connectivity index (χ2n) is 3.74. The first-order valence-corrected chi connectivity index (χ1v) is 9.04. The Hall–Kier alpha value is -0.360. The van der Waals surface area contributed by atoms with E-state index in [4.69, 9.17) is 18.5 Å². The number of benzene rings is 1. The molecule has 0 N–H and O–H groups in total. The first kappa shape index (κ1) is 15.0. The van der Waals surface area contributed by atoms with Crippen LogP contribution in [0.4, 0.5) is 0 Å². The van der Waals surface area contributed by atoms with Crippen molar-refractivity contribution in [2.24, 2.45) is 0 Å². The van der Waals surface area contributed by atoms with Gasteiger partial charge in [-0.05, 0) is 23.5 Å². The van der Waals surface area contributed by atoms with E-state index < -0.39 is 6.80 Å². The third-order valence-corrected chi connectivity index (χ3v) is 5.93. The summed E-state index contributed by atoms with van der Waals surface area (Å²) in [4.78, 5) is 0.850. The van der Waals surface area contributed by atoms with Crippen LogP contribution >= 0.6 is 18.2 Å². The van der Waals surface area contributed by atoms with Crippen LogP contribution in [-0.2, 0) is 23.1 Å². The lowest BCUT2D eigenvalue weighted by atomic mass is 10.4. The molecule has 0 aromatic heterocycles. The Morgan fingerprint density at radius 3 is 1.95 bits per heavy atom. The Kier molecular flexibility index (Phi) is 6.37. The molecule has 0 unspecified atom stereocenters. The van der Waals surface area contributed by atoms with Gasteiger partial charge in [-0.1, -0.05) is 18.2 Å². The monoisotopic (exact) mass is 304 g/mol. The molecule has 19 heavy (non-hydrogen) atoms. The summed E-state index contributed by atoms with van der Waals surface area (Å²) in [6.07, 6.45) is 0. The molecule has 2 rings (SSSR count). The second kappa shape index (κ2) is 8.04. The molecule has 0 atom stereocenters. The summed E-state index contributed by atoms with van der Waals surface area (Å²) < 4.78 is 33.9. The van der Waals surface area contributed by atoms with Crippen molar-refractivity contribution in [2.75, 3.05) is 39.6 Å². The van der Waals surface area contributed by atoms with E-state index >= 15 is 0 Å². The van der Waals surface area contributed by atoms with Crippen LogP contribution in [0.5, 0.6) is 0 Å². The Balaban J connectivity index is 1.97. The summed E-state index contributed by atoms with van der Waals surface area (Å²) in [5.74, 6) is 0. The Morgan fingerprint density at radius 1 is 0.842 bits per heavy atom. The van der Waals surface area contributed by atoms with Crippen LogP contribution in [-0.4, -0.2) is 39.6 Å². The van der Waals surface area contributed by atoms with E-state index in [1.165, 1.54) is 0 Å². The standard InChI is InChI=1S/C12H17O5PS/c13-18(19-12-4-2-1-3-5-12)16-10-8-14-6-7-15-9-11-17-18/h1-5H,6-11H2. The highest BCUT2D eigenvalue weighted by molar-refractivity contribution is 8.55. The van der Waals surface area contributed by atoms with E-state index in [9.17, 15) is 4.57 Å². The second-order valence-corrected chi connectivity index (χ2v) is 7.70. The molecule has 0 aliphatic carbocycles. The summed E-state index contributed by atoms with van der Waals surface area (Å²) in [5, 5.41) is 0. The minimum absolute atomic E-state index is 0.247. The summed E-state index contributed by atoms with van der Waals surface area (Å²) in [6, 6.07) is 9.41. The van der Waals surface area contributed by atoms with Gasteiger partial charge in [-0.15, -0.1) is 0 Å². The summed E-state index contributed by atoms with van der Waals surface area (Å²) >= 11 is 1.11. The van der Waals surface area contributed by atoms with E-state index in [0.29, 0.717) is 26.4 Å². The van der Waals surface area contributed by atoms with Crippen molar-refractivity contribution in [3.63, 3.8) is 0 Å². The highest BCUT2D eigenvalue weighted by Gasteiger charge is 2.27. The maximum Gasteiger partial charge on any atom is 0.394 e. The Bertz CT molecular complexity index is 398. The van der Waals surface area contributed by atoms with Gasteiger partial charge in [0.15, 0.2) is 0 Å². The third kappa shape index (κ3) is 5.65. The van der Waals surface area contributed by atoms with E-state index in [-0.39, 0.29) is 13.2 Å². The lowest BCUT2D eigenvalue weighted by Crippen LogP contribution is -2.08. The molecule has 1 heterocycles. The molecule has 1 aliphatic rings. The normalized spacial score (nSPS) is 21.5. The van der Waals surface area contributed by atoms with Crippen LogP contribution in [0.25, 0.3) is 0 Å². The smallest absolute Gasteiger partial charge is 0.377 e. The van der Waals surface area contributed by atoms with Crippen molar-refractivity contribution < 1.29 is 23.1 Å². The number of hydrogen-bond acceptors (Lipinski definition) is 6. The van der Waals surface area contributed by atoms with Crippen molar-refractivity contribution >= 4 is 18.2 Å². The average Bonchev–Trinajstić information content (AvgIpc) is 2.46. The fourth-order valence-electron chi connectivity index (χ4n) is 1.44. The molecule has 0 saturated carbocycles. The van der Waals surface area contributed by atoms with Crippen LogP contribution in [0, 0.1) is 0 Å². The van der Waals surface area contributed by atoms with Crippen molar-refractivity contribution in [1.29, 1.82) is 0 Å². The van der Waals surface area contributed by atoms with Gasteiger partial charge in [-0.3, -0.25) is 9.05 Å². The molecule has 106 valence electrons. The topological polar surface area (TPSA) is 54.0 Å². The molecule has 0 radical (unpaired) electrons. The number of ether oxygens (including phenoxy) is 2. The molecule has 1 aliphatic heterocycles. The van der Waals surface area contributed by atoms with Crippen LogP contribution in [0.2, 0.25) is 0 Å². The maximum atomic E-state index is 12.6. The van der Waals surface area contributed by atoms with Gasteiger partial charge in [-0.2, -0.15) is 0 Å². The zero-order chi connectivity index (χ0) is 13.4. The van der Waals surface area contributed by atoms with Crippen molar-refractivity contribution in [2.45, 2.75) is 4.90 Å². The van der Waals surface area contributed by atoms with Crippen LogP contribution in [0.1, 0.15) is 0 Å². The summed E-state index contributed by atoms with van der Waals surface area (Å²) in [7, 11) is 0. The molecule has 1 aromatic rings. The summed E-state index contributed by atoms with van der Waals surface area (Å²) in [6.45, 7) is -0.933. The molecule has 0 spiro atoms. The van der Waals surface area contributed by atoms with E-state index in [2.05, 4.69) is 0 Å². The van der Waals surface area contributed by atoms with Gasteiger partial charge in [0, 0.05) is 4.90 Å². The highest BCUT2D eigenvalue weighted by Crippen LogP contribution is 2.63. The van der Waals surface area contributed by atoms with Crippen molar-refractivity contribution in [1.82, 2.24) is 0 Å². The molecule has 1 saturated heterocycles. The van der Waals surface area contributed by atoms with Gasteiger partial charge in [0.05, 0.1) is 39.6 Å². The lowest BCUT2D eigenvalue weighted by molar-refractivity contribution is 0.0375. The fourth-order valence-corrected chi connectivity index (χ4v) is 4.65. The molecule has 1 aromatic carbocycles. The third-order valence-electron chi connectivity index (χ3n) is 2.29. The molecule has 7 heteroatoms. The average molecular weight is 304 g/mol. The van der Waals surface area contributed by atoms with Crippen LogP contribution < -0.4 is 0 Å². The van der Waals surface area contributed by atoms with Crippen LogP contribution in [0.3, 0.4) is 0 Å². The minimum atomic E-state index is -3.22. The molecular formula is C12H17O5PS. The largest absolute Gasteiger partial charge is 0.394 e. The zero-order valence-electron chi connectivity index (χ0n) is 10.5. The van der Waals surface area contributed by atoms with Gasteiger partial charge < -0.3 is 9.47 Å². The van der Waals surface area contributed by atoms with E-state index in [1.54, 1.807) is 0 Å². The highest BCUT2D eigenvalue weighted by atomic mass is 32.7. The van der Waals surface area contributed by atoms with Gasteiger partial charge >= 0.3 is 6.80 Å². The molecule has 5 nitrogen and oxygen atoms in total. The van der Waals surface area contributed by atoms with Crippen molar-refractivity contribution in [3.05, 3.63) is 30.3 Å².